The first kappa shape index (κ1) is 15.5. The highest BCUT2D eigenvalue weighted by molar-refractivity contribution is 7.12. The van der Waals surface area contributed by atoms with Crippen LogP contribution in [0.25, 0.3) is 0 Å². The topological polar surface area (TPSA) is 66.9 Å². The summed E-state index contributed by atoms with van der Waals surface area (Å²) in [5, 5.41) is 16.5. The fourth-order valence-electron chi connectivity index (χ4n) is 1.96. The SMILES string of the molecule is Cc1cc(Cl)ccc1Nc1ccc(NC(=O)c2cccs2)nn1. The van der Waals surface area contributed by atoms with E-state index in [0.29, 0.717) is 21.5 Å². The maximum Gasteiger partial charge on any atom is 0.266 e. The Morgan fingerprint density at radius 3 is 2.57 bits per heavy atom. The molecule has 0 saturated carbocycles. The maximum atomic E-state index is 11.9. The first-order valence-electron chi connectivity index (χ1n) is 6.83. The van der Waals surface area contributed by atoms with Crippen molar-refractivity contribution < 1.29 is 4.79 Å². The molecule has 3 aromatic rings. The smallest absolute Gasteiger partial charge is 0.266 e. The molecule has 5 nitrogen and oxygen atoms in total. The third kappa shape index (κ3) is 3.85. The number of hydrogen-bond donors (Lipinski definition) is 2. The zero-order valence-corrected chi connectivity index (χ0v) is 13.8. The van der Waals surface area contributed by atoms with Crippen molar-refractivity contribution in [3.05, 3.63) is 63.3 Å². The lowest BCUT2D eigenvalue weighted by Crippen LogP contribution is -2.12. The molecule has 0 bridgehead atoms. The molecule has 0 fully saturated rings. The van der Waals surface area contributed by atoms with Crippen LogP contribution in [0.3, 0.4) is 0 Å². The van der Waals surface area contributed by atoms with Gasteiger partial charge in [0, 0.05) is 10.7 Å². The molecular weight excluding hydrogens is 332 g/mol. The summed E-state index contributed by atoms with van der Waals surface area (Å²) in [5.74, 6) is 0.801. The molecule has 1 amide bonds. The van der Waals surface area contributed by atoms with E-state index in [-0.39, 0.29) is 5.91 Å². The van der Waals surface area contributed by atoms with Crippen LogP contribution in [0.5, 0.6) is 0 Å². The summed E-state index contributed by atoms with van der Waals surface area (Å²) in [7, 11) is 0. The first-order chi connectivity index (χ1) is 11.1. The number of carbonyl (C=O) groups is 1. The molecule has 0 spiro atoms. The van der Waals surface area contributed by atoms with E-state index in [2.05, 4.69) is 20.8 Å². The Bertz CT molecular complexity index is 819. The Kier molecular flexibility index (Phi) is 4.55. The van der Waals surface area contributed by atoms with E-state index >= 15 is 0 Å². The minimum absolute atomic E-state index is 0.191. The molecule has 7 heteroatoms. The average Bonchev–Trinajstić information content (AvgIpc) is 3.06. The van der Waals surface area contributed by atoms with Gasteiger partial charge in [0.2, 0.25) is 0 Å². The molecule has 1 aromatic carbocycles. The van der Waals surface area contributed by atoms with Gasteiger partial charge in [0.25, 0.3) is 5.91 Å². The van der Waals surface area contributed by atoms with E-state index in [1.54, 1.807) is 24.3 Å². The molecule has 2 aromatic heterocycles. The van der Waals surface area contributed by atoms with Gasteiger partial charge in [0.05, 0.1) is 4.88 Å². The van der Waals surface area contributed by atoms with Gasteiger partial charge in [-0.3, -0.25) is 4.79 Å². The Hall–Kier alpha value is -2.44. The molecule has 0 radical (unpaired) electrons. The summed E-state index contributed by atoms with van der Waals surface area (Å²) in [6.07, 6.45) is 0. The van der Waals surface area contributed by atoms with Crippen molar-refractivity contribution >= 4 is 46.2 Å². The average molecular weight is 345 g/mol. The molecule has 0 aliphatic carbocycles. The third-order valence-electron chi connectivity index (χ3n) is 3.10. The van der Waals surface area contributed by atoms with Gasteiger partial charge in [0.1, 0.15) is 0 Å². The van der Waals surface area contributed by atoms with E-state index in [9.17, 15) is 4.79 Å². The van der Waals surface area contributed by atoms with Crippen LogP contribution < -0.4 is 10.6 Å². The Labute approximate surface area is 142 Å². The molecule has 0 saturated heterocycles. The van der Waals surface area contributed by atoms with Gasteiger partial charge < -0.3 is 10.6 Å². The molecule has 0 unspecified atom stereocenters. The number of benzene rings is 1. The van der Waals surface area contributed by atoms with Gasteiger partial charge in [0.15, 0.2) is 11.6 Å². The van der Waals surface area contributed by atoms with E-state index in [1.807, 2.05) is 30.5 Å². The van der Waals surface area contributed by atoms with Crippen LogP contribution >= 0.6 is 22.9 Å². The number of aryl methyl sites for hydroxylation is 1. The lowest BCUT2D eigenvalue weighted by molar-refractivity contribution is 0.103. The zero-order valence-electron chi connectivity index (χ0n) is 12.2. The minimum atomic E-state index is -0.191. The summed E-state index contributed by atoms with van der Waals surface area (Å²) in [4.78, 5) is 12.6. The van der Waals surface area contributed by atoms with Crippen molar-refractivity contribution in [2.45, 2.75) is 6.92 Å². The largest absolute Gasteiger partial charge is 0.339 e. The van der Waals surface area contributed by atoms with Crippen LogP contribution in [0.15, 0.2) is 47.8 Å². The van der Waals surface area contributed by atoms with Gasteiger partial charge >= 0.3 is 0 Å². The monoisotopic (exact) mass is 344 g/mol. The number of carbonyl (C=O) groups excluding carboxylic acids is 1. The number of thiophene rings is 1. The van der Waals surface area contributed by atoms with Crippen LogP contribution in [0.2, 0.25) is 5.02 Å². The minimum Gasteiger partial charge on any atom is -0.339 e. The number of halogens is 1. The molecule has 2 N–H and O–H groups in total. The molecule has 0 aliphatic heterocycles. The van der Waals surface area contributed by atoms with Gasteiger partial charge in [-0.05, 0) is 54.3 Å². The highest BCUT2D eigenvalue weighted by Crippen LogP contribution is 2.22. The second-order valence-corrected chi connectivity index (χ2v) is 6.20. The molecule has 2 heterocycles. The standard InChI is InChI=1S/C16H13ClN4OS/c1-10-9-11(17)4-5-12(10)18-14-6-7-15(21-20-14)19-16(22)13-3-2-8-23-13/h2-9H,1H3,(H,18,20)(H,19,21,22). The maximum absolute atomic E-state index is 11.9. The highest BCUT2D eigenvalue weighted by atomic mass is 35.5. The van der Waals surface area contributed by atoms with E-state index in [0.717, 1.165) is 11.3 Å². The summed E-state index contributed by atoms with van der Waals surface area (Å²) in [5.41, 5.74) is 1.91. The predicted molar refractivity (Wildman–Crippen MR) is 93.8 cm³/mol. The lowest BCUT2D eigenvalue weighted by Gasteiger charge is -2.09. The number of amides is 1. The first-order valence-corrected chi connectivity index (χ1v) is 8.09. The van der Waals surface area contributed by atoms with Crippen molar-refractivity contribution in [2.24, 2.45) is 0 Å². The third-order valence-corrected chi connectivity index (χ3v) is 4.21. The van der Waals surface area contributed by atoms with Gasteiger partial charge in [-0.2, -0.15) is 0 Å². The Balaban J connectivity index is 1.68. The van der Waals surface area contributed by atoms with Crippen LogP contribution in [0, 0.1) is 6.92 Å². The van der Waals surface area contributed by atoms with Crippen LogP contribution in [-0.4, -0.2) is 16.1 Å². The van der Waals surface area contributed by atoms with Crippen molar-refractivity contribution in [3.63, 3.8) is 0 Å². The molecular formula is C16H13ClN4OS. The summed E-state index contributed by atoms with van der Waals surface area (Å²) in [6, 6.07) is 12.6. The second kappa shape index (κ2) is 6.76. The molecule has 0 atom stereocenters. The number of aromatic nitrogens is 2. The van der Waals surface area contributed by atoms with Crippen molar-refractivity contribution in [1.29, 1.82) is 0 Å². The van der Waals surface area contributed by atoms with Crippen molar-refractivity contribution in [2.75, 3.05) is 10.6 Å². The summed E-state index contributed by atoms with van der Waals surface area (Å²) < 4.78 is 0. The molecule has 3 rings (SSSR count). The summed E-state index contributed by atoms with van der Waals surface area (Å²) in [6.45, 7) is 1.96. The van der Waals surface area contributed by atoms with Crippen molar-refractivity contribution in [1.82, 2.24) is 10.2 Å². The summed E-state index contributed by atoms with van der Waals surface area (Å²) >= 11 is 7.31. The quantitative estimate of drug-likeness (QED) is 0.731. The number of nitrogens with zero attached hydrogens (tertiary/aromatic N) is 2. The van der Waals surface area contributed by atoms with E-state index in [4.69, 9.17) is 11.6 Å². The van der Waals surface area contributed by atoms with Gasteiger partial charge in [-0.1, -0.05) is 17.7 Å². The Morgan fingerprint density at radius 1 is 1.13 bits per heavy atom. The number of hydrogen-bond acceptors (Lipinski definition) is 5. The fourth-order valence-corrected chi connectivity index (χ4v) is 2.80. The van der Waals surface area contributed by atoms with Crippen molar-refractivity contribution in [3.8, 4) is 0 Å². The Morgan fingerprint density at radius 2 is 1.91 bits per heavy atom. The van der Waals surface area contributed by atoms with Gasteiger partial charge in [-0.25, -0.2) is 0 Å². The number of rotatable bonds is 4. The normalized spacial score (nSPS) is 10.3. The molecule has 116 valence electrons. The highest BCUT2D eigenvalue weighted by Gasteiger charge is 2.08. The van der Waals surface area contributed by atoms with E-state index < -0.39 is 0 Å². The second-order valence-electron chi connectivity index (χ2n) is 4.82. The predicted octanol–water partition coefficient (Wildman–Crippen LogP) is 4.50. The zero-order chi connectivity index (χ0) is 16.2. The van der Waals surface area contributed by atoms with Crippen LogP contribution in [0.4, 0.5) is 17.3 Å². The van der Waals surface area contributed by atoms with Crippen LogP contribution in [-0.2, 0) is 0 Å². The van der Waals surface area contributed by atoms with E-state index in [1.165, 1.54) is 11.3 Å². The lowest BCUT2D eigenvalue weighted by atomic mass is 10.2. The fraction of sp³-hybridized carbons (Fsp3) is 0.0625. The van der Waals surface area contributed by atoms with Crippen LogP contribution in [0.1, 0.15) is 15.2 Å². The molecule has 23 heavy (non-hydrogen) atoms. The number of anilines is 3. The number of nitrogens with one attached hydrogen (secondary N) is 2. The molecule has 0 aliphatic rings. The van der Waals surface area contributed by atoms with Gasteiger partial charge in [-0.15, -0.1) is 21.5 Å².